The summed E-state index contributed by atoms with van der Waals surface area (Å²) in [5.41, 5.74) is 3.52. The minimum atomic E-state index is -0.347. The highest BCUT2D eigenvalue weighted by Gasteiger charge is 2.11. The molecule has 1 N–H and O–H groups in total. The Hall–Kier alpha value is -1.38. The first-order chi connectivity index (χ1) is 10.1. The maximum Gasteiger partial charge on any atom is 0.142 e. The quantitative estimate of drug-likeness (QED) is 0.825. The van der Waals surface area contributed by atoms with E-state index >= 15 is 0 Å². The largest absolute Gasteiger partial charge is 0.314 e. The van der Waals surface area contributed by atoms with Crippen molar-refractivity contribution in [2.24, 2.45) is 0 Å². The number of nitrogens with one attached hydrogen (secondary N) is 1. The van der Waals surface area contributed by atoms with Gasteiger partial charge >= 0.3 is 0 Å². The van der Waals surface area contributed by atoms with Crippen molar-refractivity contribution >= 4 is 11.6 Å². The predicted octanol–water partition coefficient (Wildman–Crippen LogP) is 4.55. The minimum absolute atomic E-state index is 0.178. The van der Waals surface area contributed by atoms with Gasteiger partial charge in [0.15, 0.2) is 0 Å². The summed E-state index contributed by atoms with van der Waals surface area (Å²) in [6.07, 6.45) is 1.72. The molecule has 0 saturated carbocycles. The van der Waals surface area contributed by atoms with E-state index in [-0.39, 0.29) is 10.8 Å². The van der Waals surface area contributed by atoms with Gasteiger partial charge in [0.25, 0.3) is 0 Å². The third-order valence-electron chi connectivity index (χ3n) is 3.56. The van der Waals surface area contributed by atoms with Crippen LogP contribution in [0.15, 0.2) is 42.5 Å². The van der Waals surface area contributed by atoms with Gasteiger partial charge in [0.2, 0.25) is 0 Å². The second-order valence-corrected chi connectivity index (χ2v) is 5.80. The van der Waals surface area contributed by atoms with Gasteiger partial charge in [-0.3, -0.25) is 0 Å². The molecule has 1 atom stereocenters. The molecule has 0 bridgehead atoms. The molecule has 0 aliphatic heterocycles. The number of aryl methyl sites for hydroxylation is 1. The lowest BCUT2D eigenvalue weighted by molar-refractivity contribution is 0.519. The van der Waals surface area contributed by atoms with E-state index in [4.69, 9.17) is 11.6 Å². The molecule has 0 spiro atoms. The SMILES string of the molecule is CCNC(Cc1ccc(C)cc1)Cc1ccc(Cl)c(F)c1. The normalized spacial score (nSPS) is 12.4. The minimum Gasteiger partial charge on any atom is -0.314 e. The highest BCUT2D eigenvalue weighted by atomic mass is 35.5. The van der Waals surface area contributed by atoms with Crippen LogP contribution in [0.3, 0.4) is 0 Å². The van der Waals surface area contributed by atoms with Crippen LogP contribution in [0.25, 0.3) is 0 Å². The van der Waals surface area contributed by atoms with E-state index < -0.39 is 0 Å². The maximum absolute atomic E-state index is 13.5. The fourth-order valence-electron chi connectivity index (χ4n) is 2.46. The van der Waals surface area contributed by atoms with Crippen LogP contribution in [0, 0.1) is 12.7 Å². The molecule has 0 fully saturated rings. The number of likely N-dealkylation sites (N-methyl/N-ethyl adjacent to an activating group) is 1. The molecule has 2 aromatic carbocycles. The van der Waals surface area contributed by atoms with Gasteiger partial charge in [-0.05, 0) is 49.6 Å². The van der Waals surface area contributed by atoms with Crippen molar-refractivity contribution in [1.29, 1.82) is 0 Å². The molecule has 0 radical (unpaired) electrons. The molecule has 1 nitrogen and oxygen atoms in total. The van der Waals surface area contributed by atoms with Gasteiger partial charge in [-0.1, -0.05) is 54.4 Å². The van der Waals surface area contributed by atoms with E-state index in [1.165, 1.54) is 17.2 Å². The van der Waals surface area contributed by atoms with Gasteiger partial charge in [-0.25, -0.2) is 4.39 Å². The summed E-state index contributed by atoms with van der Waals surface area (Å²) in [4.78, 5) is 0. The molecule has 2 aromatic rings. The second kappa shape index (κ2) is 7.58. The fourth-order valence-corrected chi connectivity index (χ4v) is 2.58. The Morgan fingerprint density at radius 3 is 2.29 bits per heavy atom. The van der Waals surface area contributed by atoms with Crippen LogP contribution < -0.4 is 5.32 Å². The van der Waals surface area contributed by atoms with E-state index in [9.17, 15) is 4.39 Å². The summed E-state index contributed by atoms with van der Waals surface area (Å²) in [6, 6.07) is 13.9. The Kier molecular flexibility index (Phi) is 5.77. The first-order valence-electron chi connectivity index (χ1n) is 7.31. The fraction of sp³-hybridized carbons (Fsp3) is 0.333. The highest BCUT2D eigenvalue weighted by molar-refractivity contribution is 6.30. The van der Waals surface area contributed by atoms with Crippen molar-refractivity contribution in [3.05, 3.63) is 70.0 Å². The molecule has 0 aliphatic rings. The average Bonchev–Trinajstić information content (AvgIpc) is 2.46. The zero-order chi connectivity index (χ0) is 15.2. The molecule has 21 heavy (non-hydrogen) atoms. The van der Waals surface area contributed by atoms with E-state index in [2.05, 4.69) is 43.4 Å². The lowest BCUT2D eigenvalue weighted by Crippen LogP contribution is -2.33. The topological polar surface area (TPSA) is 12.0 Å². The maximum atomic E-state index is 13.5. The van der Waals surface area contributed by atoms with Crippen molar-refractivity contribution in [1.82, 2.24) is 5.32 Å². The second-order valence-electron chi connectivity index (χ2n) is 5.40. The van der Waals surface area contributed by atoms with Crippen molar-refractivity contribution in [2.45, 2.75) is 32.7 Å². The Bertz CT molecular complexity index is 580. The zero-order valence-electron chi connectivity index (χ0n) is 12.5. The molecule has 2 rings (SSSR count). The molecule has 112 valence electrons. The number of benzene rings is 2. The summed E-state index contributed by atoms with van der Waals surface area (Å²) in [5.74, 6) is -0.347. The third-order valence-corrected chi connectivity index (χ3v) is 3.87. The van der Waals surface area contributed by atoms with Crippen LogP contribution in [0.4, 0.5) is 4.39 Å². The van der Waals surface area contributed by atoms with Gasteiger partial charge in [-0.2, -0.15) is 0 Å². The lowest BCUT2D eigenvalue weighted by atomic mass is 9.98. The predicted molar refractivity (Wildman–Crippen MR) is 87.5 cm³/mol. The van der Waals surface area contributed by atoms with E-state index in [0.717, 1.165) is 24.9 Å². The first kappa shape index (κ1) is 16.0. The summed E-state index contributed by atoms with van der Waals surface area (Å²) < 4.78 is 13.5. The van der Waals surface area contributed by atoms with E-state index in [1.807, 2.05) is 6.07 Å². The van der Waals surface area contributed by atoms with Crippen LogP contribution in [0.5, 0.6) is 0 Å². The zero-order valence-corrected chi connectivity index (χ0v) is 13.3. The molecule has 0 aliphatic carbocycles. The van der Waals surface area contributed by atoms with E-state index in [0.29, 0.717) is 6.04 Å². The average molecular weight is 306 g/mol. The van der Waals surface area contributed by atoms with E-state index in [1.54, 1.807) is 6.07 Å². The number of rotatable bonds is 6. The molecule has 0 aromatic heterocycles. The highest BCUT2D eigenvalue weighted by Crippen LogP contribution is 2.17. The summed E-state index contributed by atoms with van der Waals surface area (Å²) >= 11 is 5.73. The molecule has 0 amide bonds. The van der Waals surface area contributed by atoms with Gasteiger partial charge in [0, 0.05) is 6.04 Å². The molecular weight excluding hydrogens is 285 g/mol. The molecule has 1 unspecified atom stereocenters. The molecular formula is C18H21ClFN. The first-order valence-corrected chi connectivity index (χ1v) is 7.69. The molecule has 3 heteroatoms. The molecule has 0 heterocycles. The van der Waals surface area contributed by atoms with Crippen molar-refractivity contribution < 1.29 is 4.39 Å². The van der Waals surface area contributed by atoms with Crippen LogP contribution >= 0.6 is 11.6 Å². The Balaban J connectivity index is 2.07. The summed E-state index contributed by atoms with van der Waals surface area (Å²) in [7, 11) is 0. The Labute approximate surface area is 131 Å². The van der Waals surface area contributed by atoms with Crippen LogP contribution in [0.1, 0.15) is 23.6 Å². The summed E-state index contributed by atoms with van der Waals surface area (Å²) in [5, 5.41) is 3.65. The number of hydrogen-bond donors (Lipinski definition) is 1. The van der Waals surface area contributed by atoms with Crippen LogP contribution in [-0.2, 0) is 12.8 Å². The standard InChI is InChI=1S/C18H21ClFN/c1-3-21-16(10-14-6-4-13(2)5-7-14)11-15-8-9-17(19)18(20)12-15/h4-9,12,16,21H,3,10-11H2,1-2H3. The summed E-state index contributed by atoms with van der Waals surface area (Å²) in [6.45, 7) is 5.07. The smallest absolute Gasteiger partial charge is 0.142 e. The van der Waals surface area contributed by atoms with Gasteiger partial charge < -0.3 is 5.32 Å². The van der Waals surface area contributed by atoms with Crippen LogP contribution in [-0.4, -0.2) is 12.6 Å². The van der Waals surface area contributed by atoms with Crippen LogP contribution in [0.2, 0.25) is 5.02 Å². The number of halogens is 2. The van der Waals surface area contributed by atoms with Crippen molar-refractivity contribution in [3.8, 4) is 0 Å². The van der Waals surface area contributed by atoms with Crippen molar-refractivity contribution in [3.63, 3.8) is 0 Å². The van der Waals surface area contributed by atoms with Gasteiger partial charge in [0.1, 0.15) is 5.82 Å². The Morgan fingerprint density at radius 1 is 1.05 bits per heavy atom. The third kappa shape index (κ3) is 4.83. The molecule has 0 saturated heterocycles. The number of hydrogen-bond acceptors (Lipinski definition) is 1. The van der Waals surface area contributed by atoms with Crippen molar-refractivity contribution in [2.75, 3.05) is 6.54 Å². The lowest BCUT2D eigenvalue weighted by Gasteiger charge is -2.18. The Morgan fingerprint density at radius 2 is 1.67 bits per heavy atom. The van der Waals surface area contributed by atoms with Gasteiger partial charge in [0.05, 0.1) is 5.02 Å². The van der Waals surface area contributed by atoms with Gasteiger partial charge in [-0.15, -0.1) is 0 Å². The monoisotopic (exact) mass is 305 g/mol.